The molecule has 1 saturated heterocycles. The molecule has 0 radical (unpaired) electrons. The summed E-state index contributed by atoms with van der Waals surface area (Å²) in [4.78, 5) is 15.2. The molecule has 1 aromatic carbocycles. The quantitative estimate of drug-likeness (QED) is 0.927. The van der Waals surface area contributed by atoms with Crippen LogP contribution in [0.5, 0.6) is 0 Å². The number of amides is 1. The van der Waals surface area contributed by atoms with Gasteiger partial charge in [0.2, 0.25) is 0 Å². The van der Waals surface area contributed by atoms with Crippen molar-refractivity contribution in [3.8, 4) is 0 Å². The maximum Gasteiger partial charge on any atom is 0.255 e. The van der Waals surface area contributed by atoms with Crippen molar-refractivity contribution in [2.45, 2.75) is 50.6 Å². The number of nitrogens with one attached hydrogen (secondary N) is 1. The second kappa shape index (κ2) is 6.80. The number of rotatable bonds is 3. The van der Waals surface area contributed by atoms with E-state index < -0.39 is 0 Å². The summed E-state index contributed by atoms with van der Waals surface area (Å²) >= 11 is 6.25. The summed E-state index contributed by atoms with van der Waals surface area (Å²) in [6, 6.07) is 8.12. The first-order chi connectivity index (χ1) is 10.3. The van der Waals surface area contributed by atoms with Crippen molar-refractivity contribution < 1.29 is 4.79 Å². The SMILES string of the molecule is O=C(c1ccccc1Cl)N(C1CCCCC1)[C@@H]1CCNC1. The van der Waals surface area contributed by atoms with Gasteiger partial charge in [0.1, 0.15) is 0 Å². The number of halogens is 1. The van der Waals surface area contributed by atoms with Gasteiger partial charge in [0.05, 0.1) is 10.6 Å². The smallest absolute Gasteiger partial charge is 0.255 e. The summed E-state index contributed by atoms with van der Waals surface area (Å²) in [6.07, 6.45) is 7.08. The Balaban J connectivity index is 1.86. The van der Waals surface area contributed by atoms with Gasteiger partial charge in [-0.2, -0.15) is 0 Å². The predicted octanol–water partition coefficient (Wildman–Crippen LogP) is 3.48. The number of hydrogen-bond acceptors (Lipinski definition) is 2. The van der Waals surface area contributed by atoms with Crippen LogP contribution in [0.15, 0.2) is 24.3 Å². The van der Waals surface area contributed by atoms with E-state index in [9.17, 15) is 4.79 Å². The van der Waals surface area contributed by atoms with Crippen LogP contribution < -0.4 is 5.32 Å². The molecular weight excluding hydrogens is 284 g/mol. The van der Waals surface area contributed by atoms with Gasteiger partial charge in [-0.1, -0.05) is 43.0 Å². The molecule has 0 bridgehead atoms. The first kappa shape index (κ1) is 14.9. The molecule has 0 spiro atoms. The first-order valence-electron chi connectivity index (χ1n) is 8.05. The van der Waals surface area contributed by atoms with E-state index in [1.807, 2.05) is 18.2 Å². The van der Waals surface area contributed by atoms with Crippen molar-refractivity contribution in [2.75, 3.05) is 13.1 Å². The topological polar surface area (TPSA) is 32.3 Å². The maximum atomic E-state index is 13.1. The monoisotopic (exact) mass is 306 g/mol. The van der Waals surface area contributed by atoms with E-state index in [4.69, 9.17) is 11.6 Å². The van der Waals surface area contributed by atoms with Crippen molar-refractivity contribution in [3.05, 3.63) is 34.9 Å². The standard InChI is InChI=1S/C17H23ClN2O/c18-16-9-5-4-8-15(16)17(21)20(14-10-11-19-12-14)13-6-2-1-3-7-13/h4-5,8-9,13-14,19H,1-3,6-7,10-12H2/t14-/m1/s1. The fourth-order valence-electron chi connectivity index (χ4n) is 3.64. The van der Waals surface area contributed by atoms with E-state index in [1.54, 1.807) is 6.07 Å². The van der Waals surface area contributed by atoms with Crippen LogP contribution in [0.2, 0.25) is 5.02 Å². The highest BCUT2D eigenvalue weighted by Crippen LogP contribution is 2.29. The Labute approximate surface area is 131 Å². The molecule has 4 heteroatoms. The van der Waals surface area contributed by atoms with Crippen LogP contribution in [0.1, 0.15) is 48.9 Å². The van der Waals surface area contributed by atoms with E-state index in [0.29, 0.717) is 22.7 Å². The summed E-state index contributed by atoms with van der Waals surface area (Å²) in [7, 11) is 0. The Bertz CT molecular complexity index is 493. The maximum absolute atomic E-state index is 13.1. The fourth-order valence-corrected chi connectivity index (χ4v) is 3.86. The van der Waals surface area contributed by atoms with E-state index in [1.165, 1.54) is 19.3 Å². The van der Waals surface area contributed by atoms with Crippen LogP contribution in [0.4, 0.5) is 0 Å². The minimum Gasteiger partial charge on any atom is -0.331 e. The molecule has 21 heavy (non-hydrogen) atoms. The lowest BCUT2D eigenvalue weighted by Gasteiger charge is -2.38. The normalized spacial score (nSPS) is 23.2. The van der Waals surface area contributed by atoms with Crippen molar-refractivity contribution in [1.29, 1.82) is 0 Å². The van der Waals surface area contributed by atoms with Crippen LogP contribution in [0.3, 0.4) is 0 Å². The average molecular weight is 307 g/mol. The van der Waals surface area contributed by atoms with E-state index in [2.05, 4.69) is 10.2 Å². The van der Waals surface area contributed by atoms with E-state index in [0.717, 1.165) is 32.4 Å². The van der Waals surface area contributed by atoms with Gasteiger partial charge in [0.25, 0.3) is 5.91 Å². The minimum absolute atomic E-state index is 0.112. The highest BCUT2D eigenvalue weighted by Gasteiger charge is 2.34. The second-order valence-electron chi connectivity index (χ2n) is 6.13. The summed E-state index contributed by atoms with van der Waals surface area (Å²) in [5.74, 6) is 0.112. The molecule has 1 heterocycles. The number of benzene rings is 1. The predicted molar refractivity (Wildman–Crippen MR) is 85.8 cm³/mol. The largest absolute Gasteiger partial charge is 0.331 e. The first-order valence-corrected chi connectivity index (χ1v) is 8.43. The molecule has 1 saturated carbocycles. The third kappa shape index (κ3) is 3.24. The molecular formula is C17H23ClN2O. The zero-order valence-electron chi connectivity index (χ0n) is 12.4. The highest BCUT2D eigenvalue weighted by molar-refractivity contribution is 6.33. The van der Waals surface area contributed by atoms with Gasteiger partial charge < -0.3 is 10.2 Å². The molecule has 1 atom stereocenters. The fraction of sp³-hybridized carbons (Fsp3) is 0.588. The van der Waals surface area contributed by atoms with Crippen LogP contribution >= 0.6 is 11.6 Å². The molecule has 1 aliphatic heterocycles. The Morgan fingerprint density at radius 2 is 1.86 bits per heavy atom. The van der Waals surface area contributed by atoms with E-state index in [-0.39, 0.29) is 5.91 Å². The van der Waals surface area contributed by atoms with Gasteiger partial charge in [-0.05, 0) is 37.9 Å². The van der Waals surface area contributed by atoms with Gasteiger partial charge in [-0.3, -0.25) is 4.79 Å². The second-order valence-corrected chi connectivity index (χ2v) is 6.54. The summed E-state index contributed by atoms with van der Waals surface area (Å²) in [5, 5.41) is 3.95. The Kier molecular flexibility index (Phi) is 4.81. The van der Waals surface area contributed by atoms with Gasteiger partial charge in [0, 0.05) is 18.6 Å². The molecule has 3 nitrogen and oxygen atoms in total. The van der Waals surface area contributed by atoms with Crippen LogP contribution in [-0.4, -0.2) is 36.0 Å². The molecule has 1 N–H and O–H groups in total. The summed E-state index contributed by atoms with van der Waals surface area (Å²) < 4.78 is 0. The number of nitrogens with zero attached hydrogens (tertiary/aromatic N) is 1. The highest BCUT2D eigenvalue weighted by atomic mass is 35.5. The zero-order chi connectivity index (χ0) is 14.7. The van der Waals surface area contributed by atoms with Crippen LogP contribution in [0.25, 0.3) is 0 Å². The molecule has 0 unspecified atom stereocenters. The lowest BCUT2D eigenvalue weighted by Crippen LogP contribution is -2.49. The Morgan fingerprint density at radius 1 is 1.10 bits per heavy atom. The summed E-state index contributed by atoms with van der Waals surface area (Å²) in [5.41, 5.74) is 0.650. The Morgan fingerprint density at radius 3 is 2.52 bits per heavy atom. The van der Waals surface area contributed by atoms with Gasteiger partial charge in [-0.25, -0.2) is 0 Å². The molecule has 3 rings (SSSR count). The molecule has 2 fully saturated rings. The minimum atomic E-state index is 0.112. The van der Waals surface area contributed by atoms with Gasteiger partial charge in [0.15, 0.2) is 0 Å². The number of carbonyl (C=O) groups excluding carboxylic acids is 1. The van der Waals surface area contributed by atoms with E-state index >= 15 is 0 Å². The third-order valence-electron chi connectivity index (χ3n) is 4.73. The number of carbonyl (C=O) groups is 1. The average Bonchev–Trinajstić information content (AvgIpc) is 3.03. The van der Waals surface area contributed by atoms with Crippen LogP contribution in [-0.2, 0) is 0 Å². The Hall–Kier alpha value is -1.06. The van der Waals surface area contributed by atoms with Gasteiger partial charge >= 0.3 is 0 Å². The molecule has 1 amide bonds. The van der Waals surface area contributed by atoms with Crippen LogP contribution in [0, 0.1) is 0 Å². The molecule has 114 valence electrons. The molecule has 2 aliphatic rings. The third-order valence-corrected chi connectivity index (χ3v) is 5.06. The number of hydrogen-bond donors (Lipinski definition) is 1. The lowest BCUT2D eigenvalue weighted by atomic mass is 9.92. The van der Waals surface area contributed by atoms with Crippen molar-refractivity contribution >= 4 is 17.5 Å². The zero-order valence-corrected chi connectivity index (χ0v) is 13.1. The van der Waals surface area contributed by atoms with Crippen molar-refractivity contribution in [2.24, 2.45) is 0 Å². The molecule has 1 aromatic rings. The van der Waals surface area contributed by atoms with Crippen molar-refractivity contribution in [1.82, 2.24) is 10.2 Å². The molecule has 0 aromatic heterocycles. The molecule has 1 aliphatic carbocycles. The summed E-state index contributed by atoms with van der Waals surface area (Å²) in [6.45, 7) is 1.91. The van der Waals surface area contributed by atoms with Crippen molar-refractivity contribution in [3.63, 3.8) is 0 Å². The van der Waals surface area contributed by atoms with Gasteiger partial charge in [-0.15, -0.1) is 0 Å². The lowest BCUT2D eigenvalue weighted by molar-refractivity contribution is 0.0534.